The van der Waals surface area contributed by atoms with Crippen LogP contribution >= 0.6 is 34.5 Å². The second-order valence-electron chi connectivity index (χ2n) is 3.44. The number of halogens is 2. The van der Waals surface area contributed by atoms with Crippen LogP contribution in [0.5, 0.6) is 0 Å². The van der Waals surface area contributed by atoms with E-state index in [2.05, 4.69) is 5.32 Å². The quantitative estimate of drug-likeness (QED) is 0.870. The van der Waals surface area contributed by atoms with Crippen LogP contribution in [0.4, 0.5) is 0 Å². The molecule has 0 saturated heterocycles. The van der Waals surface area contributed by atoms with Gasteiger partial charge in [0.15, 0.2) is 0 Å². The van der Waals surface area contributed by atoms with Crippen molar-refractivity contribution in [1.82, 2.24) is 5.32 Å². The average molecular weight is 272 g/mol. The molecular formula is C12H11Cl2NS. The lowest BCUT2D eigenvalue weighted by molar-refractivity contribution is 0.820. The molecule has 0 bridgehead atoms. The molecule has 1 aromatic heterocycles. The average Bonchev–Trinajstić information content (AvgIpc) is 2.68. The van der Waals surface area contributed by atoms with Crippen LogP contribution in [0.2, 0.25) is 9.36 Å². The summed E-state index contributed by atoms with van der Waals surface area (Å²) in [6, 6.07) is 9.87. The summed E-state index contributed by atoms with van der Waals surface area (Å²) in [7, 11) is 1.93. The fourth-order valence-electron chi connectivity index (χ4n) is 1.58. The highest BCUT2D eigenvalue weighted by molar-refractivity contribution is 7.19. The van der Waals surface area contributed by atoms with Gasteiger partial charge in [0, 0.05) is 16.4 Å². The van der Waals surface area contributed by atoms with E-state index in [9.17, 15) is 0 Å². The second kappa shape index (κ2) is 5.19. The maximum Gasteiger partial charge on any atom is 0.0934 e. The molecule has 1 aromatic carbocycles. The highest BCUT2D eigenvalue weighted by Gasteiger charge is 2.07. The van der Waals surface area contributed by atoms with Crippen molar-refractivity contribution >= 4 is 34.5 Å². The van der Waals surface area contributed by atoms with Crippen molar-refractivity contribution in [2.45, 2.75) is 6.54 Å². The SMILES string of the molecule is CNCc1ccc(Cl)cc1-c1ccc(Cl)s1. The third-order valence-corrected chi connectivity index (χ3v) is 3.78. The third kappa shape index (κ3) is 2.58. The van der Waals surface area contributed by atoms with Gasteiger partial charge in [0.05, 0.1) is 4.34 Å². The van der Waals surface area contributed by atoms with Crippen LogP contribution in [0.1, 0.15) is 5.56 Å². The molecule has 0 atom stereocenters. The summed E-state index contributed by atoms with van der Waals surface area (Å²) < 4.78 is 0.797. The molecule has 0 saturated carbocycles. The number of benzene rings is 1. The van der Waals surface area contributed by atoms with Gasteiger partial charge in [0.2, 0.25) is 0 Å². The van der Waals surface area contributed by atoms with E-state index in [1.54, 1.807) is 11.3 Å². The Bertz CT molecular complexity index is 494. The molecule has 84 valence electrons. The number of hydrogen-bond donors (Lipinski definition) is 1. The largest absolute Gasteiger partial charge is 0.316 e. The van der Waals surface area contributed by atoms with Crippen molar-refractivity contribution in [2.75, 3.05) is 7.05 Å². The highest BCUT2D eigenvalue weighted by atomic mass is 35.5. The molecule has 1 N–H and O–H groups in total. The first-order valence-corrected chi connectivity index (χ1v) is 6.46. The predicted octanol–water partition coefficient (Wildman–Crippen LogP) is 4.44. The first-order valence-electron chi connectivity index (χ1n) is 4.89. The zero-order valence-electron chi connectivity index (χ0n) is 8.76. The minimum atomic E-state index is 0.749. The van der Waals surface area contributed by atoms with Gasteiger partial charge >= 0.3 is 0 Å². The van der Waals surface area contributed by atoms with Crippen LogP contribution in [-0.2, 0) is 6.54 Å². The molecule has 0 aliphatic rings. The van der Waals surface area contributed by atoms with Crippen LogP contribution in [0, 0.1) is 0 Å². The van der Waals surface area contributed by atoms with E-state index in [-0.39, 0.29) is 0 Å². The van der Waals surface area contributed by atoms with Crippen LogP contribution < -0.4 is 5.32 Å². The normalized spacial score (nSPS) is 10.7. The van der Waals surface area contributed by atoms with E-state index >= 15 is 0 Å². The molecule has 4 heteroatoms. The van der Waals surface area contributed by atoms with E-state index in [1.165, 1.54) is 5.56 Å². The Balaban J connectivity index is 2.48. The Hall–Kier alpha value is -0.540. The molecule has 0 radical (unpaired) electrons. The molecule has 0 aliphatic carbocycles. The van der Waals surface area contributed by atoms with Crippen molar-refractivity contribution in [3.05, 3.63) is 45.3 Å². The van der Waals surface area contributed by atoms with Gasteiger partial charge in [-0.05, 0) is 42.4 Å². The van der Waals surface area contributed by atoms with Crippen molar-refractivity contribution in [1.29, 1.82) is 0 Å². The van der Waals surface area contributed by atoms with Gasteiger partial charge in [0.25, 0.3) is 0 Å². The summed E-state index contributed by atoms with van der Waals surface area (Å²) >= 11 is 13.5. The van der Waals surface area contributed by atoms with Crippen molar-refractivity contribution in [3.8, 4) is 10.4 Å². The number of nitrogens with one attached hydrogen (secondary N) is 1. The van der Waals surface area contributed by atoms with Gasteiger partial charge in [-0.25, -0.2) is 0 Å². The Labute approximate surface area is 109 Å². The predicted molar refractivity (Wildman–Crippen MR) is 72.5 cm³/mol. The van der Waals surface area contributed by atoms with Crippen LogP contribution in [0.15, 0.2) is 30.3 Å². The van der Waals surface area contributed by atoms with E-state index in [0.717, 1.165) is 26.3 Å². The third-order valence-electron chi connectivity index (χ3n) is 2.28. The van der Waals surface area contributed by atoms with E-state index in [4.69, 9.17) is 23.2 Å². The molecule has 16 heavy (non-hydrogen) atoms. The summed E-state index contributed by atoms with van der Waals surface area (Å²) in [6.07, 6.45) is 0. The van der Waals surface area contributed by atoms with Gasteiger partial charge in [-0.2, -0.15) is 0 Å². The molecule has 1 nitrogen and oxygen atoms in total. The summed E-state index contributed by atoms with van der Waals surface area (Å²) in [5, 5.41) is 3.90. The summed E-state index contributed by atoms with van der Waals surface area (Å²) in [6.45, 7) is 0.821. The minimum Gasteiger partial charge on any atom is -0.316 e. The van der Waals surface area contributed by atoms with Crippen molar-refractivity contribution in [2.24, 2.45) is 0 Å². The molecule has 1 heterocycles. The van der Waals surface area contributed by atoms with Crippen molar-refractivity contribution in [3.63, 3.8) is 0 Å². The van der Waals surface area contributed by atoms with Crippen LogP contribution in [0.25, 0.3) is 10.4 Å². The summed E-state index contributed by atoms with van der Waals surface area (Å²) in [5.74, 6) is 0. The molecule has 0 aliphatic heterocycles. The van der Waals surface area contributed by atoms with E-state index in [0.29, 0.717) is 0 Å². The van der Waals surface area contributed by atoms with Gasteiger partial charge < -0.3 is 5.32 Å². The van der Waals surface area contributed by atoms with Crippen LogP contribution in [0.3, 0.4) is 0 Å². The standard InChI is InChI=1S/C12H11Cl2NS/c1-15-7-8-2-3-9(13)6-10(8)11-4-5-12(14)16-11/h2-6,15H,7H2,1H3. The Morgan fingerprint density at radius 3 is 2.62 bits per heavy atom. The lowest BCUT2D eigenvalue weighted by atomic mass is 10.1. The molecule has 0 spiro atoms. The van der Waals surface area contributed by atoms with Gasteiger partial charge in [-0.1, -0.05) is 29.3 Å². The van der Waals surface area contributed by atoms with E-state index < -0.39 is 0 Å². The smallest absolute Gasteiger partial charge is 0.0934 e. The fourth-order valence-corrected chi connectivity index (χ4v) is 2.85. The monoisotopic (exact) mass is 271 g/mol. The lowest BCUT2D eigenvalue weighted by Crippen LogP contribution is -2.05. The zero-order valence-corrected chi connectivity index (χ0v) is 11.1. The van der Waals surface area contributed by atoms with E-state index in [1.807, 2.05) is 37.4 Å². The summed E-state index contributed by atoms with van der Waals surface area (Å²) in [5.41, 5.74) is 2.38. The number of hydrogen-bond acceptors (Lipinski definition) is 2. The molecular weight excluding hydrogens is 261 g/mol. The lowest BCUT2D eigenvalue weighted by Gasteiger charge is -2.07. The van der Waals surface area contributed by atoms with Crippen molar-refractivity contribution < 1.29 is 0 Å². The molecule has 0 amide bonds. The molecule has 0 unspecified atom stereocenters. The maximum absolute atomic E-state index is 6.02. The first kappa shape index (κ1) is 11.9. The molecule has 0 fully saturated rings. The summed E-state index contributed by atoms with van der Waals surface area (Å²) in [4.78, 5) is 1.15. The Morgan fingerprint density at radius 2 is 2.00 bits per heavy atom. The van der Waals surface area contributed by atoms with Crippen LogP contribution in [-0.4, -0.2) is 7.05 Å². The zero-order chi connectivity index (χ0) is 11.5. The molecule has 2 aromatic rings. The topological polar surface area (TPSA) is 12.0 Å². The van der Waals surface area contributed by atoms with Gasteiger partial charge in [0.1, 0.15) is 0 Å². The number of rotatable bonds is 3. The first-order chi connectivity index (χ1) is 7.70. The second-order valence-corrected chi connectivity index (χ2v) is 5.59. The fraction of sp³-hybridized carbons (Fsp3) is 0.167. The highest BCUT2D eigenvalue weighted by Crippen LogP contribution is 2.34. The number of thiophene rings is 1. The Kier molecular flexibility index (Phi) is 3.87. The maximum atomic E-state index is 6.02. The minimum absolute atomic E-state index is 0.749. The Morgan fingerprint density at radius 1 is 1.19 bits per heavy atom. The molecule has 2 rings (SSSR count). The van der Waals surface area contributed by atoms with Gasteiger partial charge in [-0.15, -0.1) is 11.3 Å². The van der Waals surface area contributed by atoms with Gasteiger partial charge in [-0.3, -0.25) is 0 Å².